The van der Waals surface area contributed by atoms with E-state index in [0.29, 0.717) is 36.1 Å². The van der Waals surface area contributed by atoms with Crippen LogP contribution < -0.4 is 10.6 Å². The Morgan fingerprint density at radius 1 is 0.650 bits per heavy atom. The van der Waals surface area contributed by atoms with E-state index in [0.717, 1.165) is 62.6 Å². The number of aliphatic carboxylic acids is 2. The Morgan fingerprint density at radius 3 is 1.32 bits per heavy atom. The molecule has 212 valence electrons. The van der Waals surface area contributed by atoms with Crippen LogP contribution in [0.25, 0.3) is 10.8 Å². The first-order valence-corrected chi connectivity index (χ1v) is 14.3. The lowest BCUT2D eigenvalue weighted by molar-refractivity contribution is -0.143. The first-order chi connectivity index (χ1) is 19.3. The van der Waals surface area contributed by atoms with Crippen molar-refractivity contribution in [3.63, 3.8) is 0 Å². The van der Waals surface area contributed by atoms with Gasteiger partial charge in [0.05, 0.1) is 0 Å². The maximum atomic E-state index is 13.1. The average molecular weight is 549 g/mol. The van der Waals surface area contributed by atoms with Crippen LogP contribution in [-0.2, 0) is 9.59 Å². The summed E-state index contributed by atoms with van der Waals surface area (Å²) in [6, 6.07) is 8.20. The molecular formula is C30H36N4O6. The van der Waals surface area contributed by atoms with Crippen molar-refractivity contribution in [2.24, 2.45) is 23.7 Å². The summed E-state index contributed by atoms with van der Waals surface area (Å²) in [5.74, 6) is -2.51. The van der Waals surface area contributed by atoms with Gasteiger partial charge in [0.1, 0.15) is 12.1 Å². The van der Waals surface area contributed by atoms with Crippen molar-refractivity contribution < 1.29 is 29.4 Å². The molecule has 0 aliphatic carbocycles. The normalized spacial score (nSPS) is 30.4. The first-order valence-electron chi connectivity index (χ1n) is 14.3. The van der Waals surface area contributed by atoms with Gasteiger partial charge in [-0.25, -0.2) is 9.59 Å². The van der Waals surface area contributed by atoms with Gasteiger partial charge in [0.15, 0.2) is 0 Å². The monoisotopic (exact) mass is 548 g/mol. The van der Waals surface area contributed by atoms with E-state index in [1.54, 1.807) is 36.4 Å². The number of nitrogens with one attached hydrogen (secondary N) is 2. The largest absolute Gasteiger partial charge is 0.480 e. The summed E-state index contributed by atoms with van der Waals surface area (Å²) in [7, 11) is 0. The lowest BCUT2D eigenvalue weighted by Gasteiger charge is -2.46. The maximum Gasteiger partial charge on any atom is 0.326 e. The highest BCUT2D eigenvalue weighted by Crippen LogP contribution is 2.35. The minimum Gasteiger partial charge on any atom is -0.480 e. The molecule has 4 atom stereocenters. The van der Waals surface area contributed by atoms with Crippen LogP contribution in [0.4, 0.5) is 0 Å². The molecule has 40 heavy (non-hydrogen) atoms. The highest BCUT2D eigenvalue weighted by atomic mass is 16.4. The molecule has 0 aromatic heterocycles. The zero-order valence-corrected chi connectivity index (χ0v) is 22.4. The molecule has 6 aliphatic heterocycles. The van der Waals surface area contributed by atoms with E-state index in [2.05, 4.69) is 20.4 Å². The van der Waals surface area contributed by atoms with E-state index >= 15 is 0 Å². The molecule has 0 saturated carbocycles. The van der Waals surface area contributed by atoms with Crippen LogP contribution in [0.1, 0.15) is 46.4 Å². The van der Waals surface area contributed by atoms with E-state index in [-0.39, 0.29) is 11.8 Å². The third kappa shape index (κ3) is 5.17. The number of nitrogens with zero attached hydrogens (tertiary/aromatic N) is 2. The Morgan fingerprint density at radius 2 is 1.02 bits per heavy atom. The summed E-state index contributed by atoms with van der Waals surface area (Å²) in [4.78, 5) is 55.0. The Bertz CT molecular complexity index is 1230. The van der Waals surface area contributed by atoms with Gasteiger partial charge in [0.25, 0.3) is 11.8 Å². The lowest BCUT2D eigenvalue weighted by atomic mass is 9.75. The fourth-order valence-corrected chi connectivity index (χ4v) is 7.46. The fourth-order valence-electron chi connectivity index (χ4n) is 7.46. The second-order valence-electron chi connectivity index (χ2n) is 12.0. The predicted octanol–water partition coefficient (Wildman–Crippen LogP) is 1.89. The predicted molar refractivity (Wildman–Crippen MR) is 147 cm³/mol. The first kappa shape index (κ1) is 26.7. The number of rotatable bonds is 8. The third-order valence-corrected chi connectivity index (χ3v) is 9.74. The van der Waals surface area contributed by atoms with Crippen LogP contribution >= 0.6 is 0 Å². The molecule has 6 saturated heterocycles. The second kappa shape index (κ2) is 10.8. The van der Waals surface area contributed by atoms with Crippen LogP contribution in [0, 0.1) is 23.7 Å². The average Bonchev–Trinajstić information content (AvgIpc) is 2.98. The summed E-state index contributed by atoms with van der Waals surface area (Å²) in [5.41, 5.74) is 0.705. The van der Waals surface area contributed by atoms with E-state index in [9.17, 15) is 29.4 Å². The molecule has 4 N–H and O–H groups in total. The molecule has 2 aromatic carbocycles. The molecule has 0 spiro atoms. The van der Waals surface area contributed by atoms with Crippen LogP contribution in [0.5, 0.6) is 0 Å². The van der Waals surface area contributed by atoms with Gasteiger partial charge in [-0.3, -0.25) is 9.59 Å². The number of carbonyl (C=O) groups excluding carboxylic acids is 2. The number of benzene rings is 2. The van der Waals surface area contributed by atoms with Gasteiger partial charge in [-0.05, 0) is 98.7 Å². The van der Waals surface area contributed by atoms with Crippen LogP contribution in [0.15, 0.2) is 36.4 Å². The minimum atomic E-state index is -1.01. The van der Waals surface area contributed by atoms with Gasteiger partial charge >= 0.3 is 11.9 Å². The van der Waals surface area contributed by atoms with E-state index in [4.69, 9.17) is 0 Å². The molecule has 2 amide bonds. The topological polar surface area (TPSA) is 139 Å². The molecule has 6 aliphatic rings. The smallest absolute Gasteiger partial charge is 0.326 e. The molecule has 0 radical (unpaired) electrons. The van der Waals surface area contributed by atoms with Crippen molar-refractivity contribution in [3.05, 3.63) is 47.5 Å². The summed E-state index contributed by atoms with van der Waals surface area (Å²) in [6.45, 7) is 5.33. The number of carbonyl (C=O) groups is 4. The number of piperidine rings is 6. The van der Waals surface area contributed by atoms with Crippen molar-refractivity contribution in [1.29, 1.82) is 0 Å². The Kier molecular flexibility index (Phi) is 7.22. The highest BCUT2D eigenvalue weighted by Gasteiger charge is 2.43. The molecule has 2 aromatic rings. The lowest BCUT2D eigenvalue weighted by Crippen LogP contribution is -2.57. The summed E-state index contributed by atoms with van der Waals surface area (Å²) in [5, 5.41) is 26.8. The minimum absolute atomic E-state index is 0.110. The number of hydrogen-bond donors (Lipinski definition) is 4. The molecule has 10 heteroatoms. The molecule has 6 heterocycles. The van der Waals surface area contributed by atoms with Crippen molar-refractivity contribution in [1.82, 2.24) is 20.4 Å². The zero-order chi connectivity index (χ0) is 28.0. The highest BCUT2D eigenvalue weighted by molar-refractivity contribution is 6.03. The van der Waals surface area contributed by atoms with Gasteiger partial charge in [-0.15, -0.1) is 0 Å². The Balaban J connectivity index is 1.15. The number of fused-ring (bicyclic) bond motifs is 7. The maximum absolute atomic E-state index is 13.1. The van der Waals surface area contributed by atoms with E-state index in [1.165, 1.54) is 0 Å². The summed E-state index contributed by atoms with van der Waals surface area (Å²) in [6.07, 6.45) is 3.85. The Hall–Kier alpha value is -3.50. The standard InChI is InChI=1S/C30H36N4O6/c35-27(31-25(29(37)38)23-15-33-9-5-17(23)6-10-33)21-3-1-19-13-22(4-2-20(19)14-21)28(36)32-26(30(39)40)24-16-34-11-7-18(24)8-12-34/h1-4,13-14,17-18,23-26H,5-12,15-16H2,(H,31,35)(H,32,36)(H,37,38)(H,39,40)/t23-,24-,25+,26+/m0/s1. The van der Waals surface area contributed by atoms with Crippen molar-refractivity contribution in [2.45, 2.75) is 37.8 Å². The van der Waals surface area contributed by atoms with Crippen molar-refractivity contribution in [3.8, 4) is 0 Å². The van der Waals surface area contributed by atoms with Crippen molar-refractivity contribution in [2.75, 3.05) is 39.3 Å². The summed E-state index contributed by atoms with van der Waals surface area (Å²) < 4.78 is 0. The number of carboxylic acid groups (broad SMARTS) is 2. The zero-order valence-electron chi connectivity index (χ0n) is 22.4. The second-order valence-corrected chi connectivity index (χ2v) is 12.0. The van der Waals surface area contributed by atoms with Crippen LogP contribution in [0.2, 0.25) is 0 Å². The van der Waals surface area contributed by atoms with Crippen LogP contribution in [0.3, 0.4) is 0 Å². The molecular weight excluding hydrogens is 512 g/mol. The Labute approximate surface area is 232 Å². The number of carboxylic acids is 2. The van der Waals surface area contributed by atoms with Gasteiger partial charge in [-0.2, -0.15) is 0 Å². The molecule has 10 nitrogen and oxygen atoms in total. The molecule has 4 bridgehead atoms. The summed E-state index contributed by atoms with van der Waals surface area (Å²) >= 11 is 0. The SMILES string of the molecule is O=C(N[C@@H](C(=O)O)[C@H]1CN2CCC1CC2)c1ccc2cc(C(=O)N[C@@H](C(=O)O)[C@H]3CN4CCC3CC4)ccc2c1. The van der Waals surface area contributed by atoms with Gasteiger partial charge in [0, 0.05) is 36.1 Å². The number of hydrogen-bond acceptors (Lipinski definition) is 6. The van der Waals surface area contributed by atoms with Crippen molar-refractivity contribution >= 4 is 34.5 Å². The quantitative estimate of drug-likeness (QED) is 0.392. The molecule has 6 fully saturated rings. The van der Waals surface area contributed by atoms with Crippen LogP contribution in [-0.4, -0.2) is 95.1 Å². The third-order valence-electron chi connectivity index (χ3n) is 9.74. The molecule has 0 unspecified atom stereocenters. The molecule has 8 rings (SSSR count). The van der Waals surface area contributed by atoms with E-state index < -0.39 is 35.8 Å². The van der Waals surface area contributed by atoms with E-state index in [1.807, 2.05) is 0 Å². The van der Waals surface area contributed by atoms with Gasteiger partial charge < -0.3 is 30.6 Å². The number of amides is 2. The fraction of sp³-hybridized carbons (Fsp3) is 0.533. The van der Waals surface area contributed by atoms with Gasteiger partial charge in [-0.1, -0.05) is 12.1 Å². The van der Waals surface area contributed by atoms with Gasteiger partial charge in [0.2, 0.25) is 0 Å².